The van der Waals surface area contributed by atoms with E-state index >= 15 is 0 Å². The van der Waals surface area contributed by atoms with Crippen molar-refractivity contribution in [1.29, 1.82) is 0 Å². The molecule has 19 heavy (non-hydrogen) atoms. The van der Waals surface area contributed by atoms with E-state index in [0.717, 1.165) is 16.5 Å². The summed E-state index contributed by atoms with van der Waals surface area (Å²) in [5, 5.41) is 0.994. The summed E-state index contributed by atoms with van der Waals surface area (Å²) in [7, 11) is 5.49. The Morgan fingerprint density at radius 3 is 2.53 bits per heavy atom. The highest BCUT2D eigenvalue weighted by Crippen LogP contribution is 2.20. The first-order valence-corrected chi connectivity index (χ1v) is 6.97. The van der Waals surface area contributed by atoms with Gasteiger partial charge in [-0.15, -0.1) is 0 Å². The number of benzene rings is 1. The summed E-state index contributed by atoms with van der Waals surface area (Å²) in [6.07, 6.45) is 3.72. The number of aryl methyl sites for hydroxylation is 1. The normalized spacial score (nSPS) is 10.5. The number of thioether (sulfide) groups is 1. The van der Waals surface area contributed by atoms with E-state index in [-0.39, 0.29) is 5.91 Å². The van der Waals surface area contributed by atoms with E-state index in [1.807, 2.05) is 42.1 Å². The Morgan fingerprint density at radius 1 is 1.32 bits per heavy atom. The largest absolute Gasteiger partial charge is 0.345 e. The van der Waals surface area contributed by atoms with E-state index in [1.165, 1.54) is 5.56 Å². The van der Waals surface area contributed by atoms with Crippen LogP contribution < -0.4 is 0 Å². The molecule has 0 radical (unpaired) electrons. The molecule has 2 rings (SSSR count). The van der Waals surface area contributed by atoms with Crippen molar-refractivity contribution in [3.05, 3.63) is 47.8 Å². The molecule has 1 aromatic carbocycles. The second-order valence-electron chi connectivity index (χ2n) is 4.51. The molecule has 5 heteroatoms. The average molecular weight is 275 g/mol. The number of hydrogen-bond acceptors (Lipinski definition) is 3. The number of carbonyl (C=O) groups is 1. The molecule has 0 saturated heterocycles. The van der Waals surface area contributed by atoms with Crippen LogP contribution in [0.3, 0.4) is 0 Å². The lowest BCUT2D eigenvalue weighted by Crippen LogP contribution is -2.21. The Labute approximate surface area is 117 Å². The van der Waals surface area contributed by atoms with Crippen molar-refractivity contribution < 1.29 is 4.79 Å². The quantitative estimate of drug-likeness (QED) is 0.804. The van der Waals surface area contributed by atoms with Gasteiger partial charge in [-0.25, -0.2) is 4.98 Å². The molecule has 100 valence electrons. The molecule has 0 N–H and O–H groups in total. The van der Waals surface area contributed by atoms with Crippen LogP contribution in [0.5, 0.6) is 0 Å². The van der Waals surface area contributed by atoms with Crippen molar-refractivity contribution in [3.63, 3.8) is 0 Å². The third-order valence-corrected chi connectivity index (χ3v) is 3.88. The molecule has 0 saturated carbocycles. The third kappa shape index (κ3) is 3.38. The van der Waals surface area contributed by atoms with Crippen LogP contribution in [0.15, 0.2) is 41.8 Å². The first kappa shape index (κ1) is 13.7. The predicted molar refractivity (Wildman–Crippen MR) is 77.2 cm³/mol. The van der Waals surface area contributed by atoms with Crippen molar-refractivity contribution in [2.24, 2.45) is 7.05 Å². The highest BCUT2D eigenvalue weighted by atomic mass is 32.2. The minimum Gasteiger partial charge on any atom is -0.345 e. The first-order chi connectivity index (χ1) is 9.08. The Kier molecular flexibility index (Phi) is 4.27. The Bertz CT molecular complexity index is 560. The van der Waals surface area contributed by atoms with Crippen LogP contribution >= 0.6 is 11.8 Å². The standard InChI is InChI=1S/C14H17N3OS/c1-16(2)13(18)12-6-4-11(5-7-12)10-19-14-15-8-9-17(14)3/h4-9H,10H2,1-3H3. The molecule has 0 unspecified atom stereocenters. The van der Waals surface area contributed by atoms with Crippen molar-refractivity contribution in [3.8, 4) is 0 Å². The van der Waals surface area contributed by atoms with Crippen molar-refractivity contribution in [2.45, 2.75) is 10.9 Å². The van der Waals surface area contributed by atoms with Crippen molar-refractivity contribution in [2.75, 3.05) is 14.1 Å². The maximum Gasteiger partial charge on any atom is 0.253 e. The number of imidazole rings is 1. The summed E-state index contributed by atoms with van der Waals surface area (Å²) in [6.45, 7) is 0. The van der Waals surface area contributed by atoms with Gasteiger partial charge in [0.05, 0.1) is 0 Å². The minimum atomic E-state index is 0.0308. The van der Waals surface area contributed by atoms with Gasteiger partial charge in [-0.3, -0.25) is 4.79 Å². The van der Waals surface area contributed by atoms with Gasteiger partial charge in [-0.05, 0) is 17.7 Å². The van der Waals surface area contributed by atoms with Gasteiger partial charge in [0.2, 0.25) is 0 Å². The third-order valence-electron chi connectivity index (χ3n) is 2.75. The van der Waals surface area contributed by atoms with Gasteiger partial charge in [-0.2, -0.15) is 0 Å². The summed E-state index contributed by atoms with van der Waals surface area (Å²) in [5.74, 6) is 0.879. The zero-order chi connectivity index (χ0) is 13.8. The summed E-state index contributed by atoms with van der Waals surface area (Å²) in [4.78, 5) is 17.6. The van der Waals surface area contributed by atoms with Crippen LogP contribution in [0, 0.1) is 0 Å². The summed E-state index contributed by atoms with van der Waals surface area (Å²) in [5.41, 5.74) is 1.90. The van der Waals surface area contributed by atoms with Crippen LogP contribution in [0.4, 0.5) is 0 Å². The monoisotopic (exact) mass is 275 g/mol. The summed E-state index contributed by atoms with van der Waals surface area (Å²) in [6, 6.07) is 7.73. The van der Waals surface area contributed by atoms with E-state index in [0.29, 0.717) is 0 Å². The van der Waals surface area contributed by atoms with Gasteiger partial charge in [0.15, 0.2) is 5.16 Å². The van der Waals surface area contributed by atoms with E-state index in [1.54, 1.807) is 37.0 Å². The lowest BCUT2D eigenvalue weighted by Gasteiger charge is -2.10. The van der Waals surface area contributed by atoms with Gasteiger partial charge in [0, 0.05) is 44.9 Å². The summed E-state index contributed by atoms with van der Waals surface area (Å²) < 4.78 is 1.99. The number of aromatic nitrogens is 2. The molecule has 0 atom stereocenters. The lowest BCUT2D eigenvalue weighted by atomic mass is 10.1. The number of carbonyl (C=O) groups excluding carboxylic acids is 1. The van der Waals surface area contributed by atoms with Gasteiger partial charge >= 0.3 is 0 Å². The molecule has 1 heterocycles. The van der Waals surface area contributed by atoms with E-state index in [2.05, 4.69) is 4.98 Å². The molecular formula is C14H17N3OS. The Morgan fingerprint density at radius 2 is 2.00 bits per heavy atom. The fourth-order valence-electron chi connectivity index (χ4n) is 1.64. The number of hydrogen-bond donors (Lipinski definition) is 0. The Balaban J connectivity index is 1.99. The predicted octanol–water partition coefficient (Wildman–Crippen LogP) is 2.41. The van der Waals surface area contributed by atoms with Gasteiger partial charge in [0.1, 0.15) is 0 Å². The molecule has 1 aromatic heterocycles. The first-order valence-electron chi connectivity index (χ1n) is 5.98. The molecule has 0 aliphatic heterocycles. The lowest BCUT2D eigenvalue weighted by molar-refractivity contribution is 0.0827. The fourth-order valence-corrected chi connectivity index (χ4v) is 2.53. The van der Waals surface area contributed by atoms with Crippen molar-refractivity contribution in [1.82, 2.24) is 14.5 Å². The van der Waals surface area contributed by atoms with Crippen molar-refractivity contribution >= 4 is 17.7 Å². The van der Waals surface area contributed by atoms with Gasteiger partial charge < -0.3 is 9.47 Å². The number of rotatable bonds is 4. The van der Waals surface area contributed by atoms with Crippen LogP contribution in [-0.2, 0) is 12.8 Å². The number of amides is 1. The molecule has 0 bridgehead atoms. The molecular weight excluding hydrogens is 258 g/mol. The zero-order valence-corrected chi connectivity index (χ0v) is 12.1. The van der Waals surface area contributed by atoms with Crippen LogP contribution in [0.25, 0.3) is 0 Å². The fraction of sp³-hybridized carbons (Fsp3) is 0.286. The Hall–Kier alpha value is -1.75. The molecule has 1 amide bonds. The SMILES string of the molecule is CN(C)C(=O)c1ccc(CSc2nccn2C)cc1. The second kappa shape index (κ2) is 5.93. The highest BCUT2D eigenvalue weighted by molar-refractivity contribution is 7.98. The maximum absolute atomic E-state index is 11.8. The van der Waals surface area contributed by atoms with Gasteiger partial charge in [0.25, 0.3) is 5.91 Å². The molecule has 4 nitrogen and oxygen atoms in total. The molecule has 0 fully saturated rings. The molecule has 2 aromatic rings. The topological polar surface area (TPSA) is 38.1 Å². The highest BCUT2D eigenvalue weighted by Gasteiger charge is 2.07. The van der Waals surface area contributed by atoms with E-state index < -0.39 is 0 Å². The average Bonchev–Trinajstić information content (AvgIpc) is 2.81. The zero-order valence-electron chi connectivity index (χ0n) is 11.3. The smallest absolute Gasteiger partial charge is 0.253 e. The van der Waals surface area contributed by atoms with Crippen LogP contribution in [-0.4, -0.2) is 34.5 Å². The van der Waals surface area contributed by atoms with Gasteiger partial charge in [-0.1, -0.05) is 23.9 Å². The second-order valence-corrected chi connectivity index (χ2v) is 5.45. The maximum atomic E-state index is 11.8. The number of nitrogens with zero attached hydrogens (tertiary/aromatic N) is 3. The minimum absolute atomic E-state index is 0.0308. The molecule has 0 aliphatic rings. The summed E-state index contributed by atoms with van der Waals surface area (Å²) >= 11 is 1.68. The van der Waals surface area contributed by atoms with Crippen LogP contribution in [0.2, 0.25) is 0 Å². The van der Waals surface area contributed by atoms with Crippen LogP contribution in [0.1, 0.15) is 15.9 Å². The van der Waals surface area contributed by atoms with E-state index in [4.69, 9.17) is 0 Å². The molecule has 0 aliphatic carbocycles. The molecule has 0 spiro atoms. The van der Waals surface area contributed by atoms with E-state index in [9.17, 15) is 4.79 Å².